The van der Waals surface area contributed by atoms with Gasteiger partial charge in [-0.2, -0.15) is 0 Å². The lowest BCUT2D eigenvalue weighted by Crippen LogP contribution is -2.39. The van der Waals surface area contributed by atoms with Gasteiger partial charge < -0.3 is 15.5 Å². The molecule has 0 bridgehead atoms. The third-order valence-corrected chi connectivity index (χ3v) is 5.54. The first-order chi connectivity index (χ1) is 13.6. The van der Waals surface area contributed by atoms with E-state index in [1.807, 2.05) is 14.1 Å². The summed E-state index contributed by atoms with van der Waals surface area (Å²) in [6, 6.07) is 6.10. The summed E-state index contributed by atoms with van der Waals surface area (Å²) in [6.07, 6.45) is 1.42. The Morgan fingerprint density at radius 3 is 2.72 bits per heavy atom. The van der Waals surface area contributed by atoms with Crippen LogP contribution in [0, 0.1) is 11.2 Å². The molecular weight excluding hydrogens is 413 g/mol. The quantitative estimate of drug-likeness (QED) is 0.570. The van der Waals surface area contributed by atoms with Gasteiger partial charge in [-0.1, -0.05) is 25.4 Å². The van der Waals surface area contributed by atoms with E-state index in [4.69, 9.17) is 11.6 Å². The van der Waals surface area contributed by atoms with Crippen LogP contribution in [0.2, 0.25) is 5.02 Å². The second kappa shape index (κ2) is 8.61. The van der Waals surface area contributed by atoms with Gasteiger partial charge in [-0.05, 0) is 43.8 Å². The van der Waals surface area contributed by atoms with Gasteiger partial charge in [0.15, 0.2) is 0 Å². The first-order valence-electron chi connectivity index (χ1n) is 9.04. The summed E-state index contributed by atoms with van der Waals surface area (Å²) in [5, 5.41) is 6.86. The van der Waals surface area contributed by atoms with Crippen molar-refractivity contribution in [2.24, 2.45) is 5.41 Å². The molecule has 0 saturated heterocycles. The number of halogens is 2. The van der Waals surface area contributed by atoms with Gasteiger partial charge in [0.1, 0.15) is 22.8 Å². The molecule has 0 saturated carbocycles. The Labute approximate surface area is 178 Å². The maximum atomic E-state index is 13.4. The zero-order valence-corrected chi connectivity index (χ0v) is 18.3. The first kappa shape index (κ1) is 21.4. The molecule has 2 heterocycles. The van der Waals surface area contributed by atoms with Crippen molar-refractivity contribution in [3.8, 4) is 0 Å². The SMILES string of the molecule is CN(C)CC(C)(C)CNC(=O)c1cc2c(Nc3ccc(F)c(Cl)c3)ncnc2s1. The van der Waals surface area contributed by atoms with Crippen molar-refractivity contribution in [3.05, 3.63) is 46.3 Å². The number of fused-ring (bicyclic) bond motifs is 1. The number of anilines is 2. The molecule has 0 unspecified atom stereocenters. The maximum Gasteiger partial charge on any atom is 0.261 e. The van der Waals surface area contributed by atoms with Crippen LogP contribution in [0.1, 0.15) is 23.5 Å². The summed E-state index contributed by atoms with van der Waals surface area (Å²) < 4.78 is 13.4. The minimum Gasteiger partial charge on any atom is -0.351 e. The molecule has 1 aromatic carbocycles. The Morgan fingerprint density at radius 2 is 2.03 bits per heavy atom. The van der Waals surface area contributed by atoms with E-state index in [1.54, 1.807) is 12.1 Å². The van der Waals surface area contributed by atoms with Gasteiger partial charge in [-0.3, -0.25) is 4.79 Å². The van der Waals surface area contributed by atoms with Crippen molar-refractivity contribution >= 4 is 50.6 Å². The third-order valence-electron chi connectivity index (χ3n) is 4.21. The fourth-order valence-electron chi connectivity index (χ4n) is 3.10. The number of hydrogen-bond acceptors (Lipinski definition) is 6. The highest BCUT2D eigenvalue weighted by atomic mass is 35.5. The van der Waals surface area contributed by atoms with Gasteiger partial charge in [-0.15, -0.1) is 11.3 Å². The first-order valence-corrected chi connectivity index (χ1v) is 10.2. The molecule has 2 N–H and O–H groups in total. The molecule has 6 nitrogen and oxygen atoms in total. The smallest absolute Gasteiger partial charge is 0.261 e. The molecule has 154 valence electrons. The molecule has 0 aliphatic carbocycles. The average Bonchev–Trinajstić information content (AvgIpc) is 3.07. The number of carbonyl (C=O) groups is 1. The molecule has 0 atom stereocenters. The van der Waals surface area contributed by atoms with E-state index in [2.05, 4.69) is 39.3 Å². The number of carbonyl (C=O) groups excluding carboxylic acids is 1. The fourth-order valence-corrected chi connectivity index (χ4v) is 4.19. The molecule has 0 radical (unpaired) electrons. The fraction of sp³-hybridized carbons (Fsp3) is 0.350. The lowest BCUT2D eigenvalue weighted by molar-refractivity contribution is 0.0933. The van der Waals surface area contributed by atoms with E-state index < -0.39 is 5.82 Å². The van der Waals surface area contributed by atoms with Gasteiger partial charge in [0, 0.05) is 18.8 Å². The standard InChI is InChI=1S/C20H23ClFN5OS/c1-20(2,10-27(3)4)9-23-18(28)16-8-13-17(24-11-25-19(13)29-16)26-12-5-6-15(22)14(21)7-12/h5-8,11H,9-10H2,1-4H3,(H,23,28)(H,24,25,26). The van der Waals surface area contributed by atoms with Crippen molar-refractivity contribution < 1.29 is 9.18 Å². The van der Waals surface area contributed by atoms with Gasteiger partial charge in [0.2, 0.25) is 0 Å². The molecule has 2 aromatic heterocycles. The molecular formula is C20H23ClFN5OS. The summed E-state index contributed by atoms with van der Waals surface area (Å²) in [6.45, 7) is 5.64. The van der Waals surface area contributed by atoms with Crippen molar-refractivity contribution in [3.63, 3.8) is 0 Å². The largest absolute Gasteiger partial charge is 0.351 e. The third kappa shape index (κ3) is 5.41. The number of amides is 1. The van der Waals surface area contributed by atoms with Crippen LogP contribution < -0.4 is 10.6 Å². The Bertz CT molecular complexity index is 1040. The Balaban J connectivity index is 1.78. The van der Waals surface area contributed by atoms with E-state index >= 15 is 0 Å². The van der Waals surface area contributed by atoms with E-state index in [1.165, 1.54) is 29.8 Å². The molecule has 3 aromatic rings. The van der Waals surface area contributed by atoms with Crippen LogP contribution in [-0.2, 0) is 0 Å². The zero-order valence-electron chi connectivity index (χ0n) is 16.7. The highest BCUT2D eigenvalue weighted by Crippen LogP contribution is 2.31. The summed E-state index contributed by atoms with van der Waals surface area (Å²) in [5.74, 6) is -0.103. The number of benzene rings is 1. The zero-order chi connectivity index (χ0) is 21.2. The number of aromatic nitrogens is 2. The van der Waals surface area contributed by atoms with Crippen LogP contribution in [0.15, 0.2) is 30.6 Å². The number of nitrogens with one attached hydrogen (secondary N) is 2. The van der Waals surface area contributed by atoms with E-state index in [0.29, 0.717) is 27.8 Å². The molecule has 1 amide bonds. The molecule has 0 aliphatic heterocycles. The van der Waals surface area contributed by atoms with Crippen LogP contribution in [0.25, 0.3) is 10.2 Å². The molecule has 3 rings (SSSR count). The highest BCUT2D eigenvalue weighted by molar-refractivity contribution is 7.20. The number of thiophene rings is 1. The molecule has 0 aliphatic rings. The number of nitrogens with zero attached hydrogens (tertiary/aromatic N) is 3. The average molecular weight is 436 g/mol. The van der Waals surface area contributed by atoms with Crippen LogP contribution in [-0.4, -0.2) is 48.0 Å². The summed E-state index contributed by atoms with van der Waals surface area (Å²) >= 11 is 7.15. The van der Waals surface area contributed by atoms with Gasteiger partial charge in [0.05, 0.1) is 15.3 Å². The van der Waals surface area contributed by atoms with Crippen LogP contribution in [0.4, 0.5) is 15.9 Å². The Hall–Kier alpha value is -2.29. The predicted octanol–water partition coefficient (Wildman–Crippen LogP) is 4.55. The van der Waals surface area contributed by atoms with Crippen LogP contribution in [0.5, 0.6) is 0 Å². The normalized spacial score (nSPS) is 11.8. The lowest BCUT2D eigenvalue weighted by atomic mass is 9.93. The van der Waals surface area contributed by atoms with E-state index in [0.717, 1.165) is 11.9 Å². The van der Waals surface area contributed by atoms with Crippen molar-refractivity contribution in [1.29, 1.82) is 0 Å². The Kier molecular flexibility index (Phi) is 6.36. The lowest BCUT2D eigenvalue weighted by Gasteiger charge is -2.28. The summed E-state index contributed by atoms with van der Waals surface area (Å²) in [5.41, 5.74) is 0.545. The van der Waals surface area contributed by atoms with Crippen LogP contribution >= 0.6 is 22.9 Å². The Morgan fingerprint density at radius 1 is 1.28 bits per heavy atom. The minimum atomic E-state index is -0.489. The summed E-state index contributed by atoms with van der Waals surface area (Å²) in [7, 11) is 4.02. The number of rotatable bonds is 7. The predicted molar refractivity (Wildman–Crippen MR) is 117 cm³/mol. The molecule has 0 fully saturated rings. The highest BCUT2D eigenvalue weighted by Gasteiger charge is 2.21. The van der Waals surface area contributed by atoms with E-state index in [-0.39, 0.29) is 16.3 Å². The molecule has 9 heteroatoms. The van der Waals surface area contributed by atoms with Crippen LogP contribution in [0.3, 0.4) is 0 Å². The molecule has 0 spiro atoms. The monoisotopic (exact) mass is 435 g/mol. The molecule has 29 heavy (non-hydrogen) atoms. The van der Waals surface area contributed by atoms with Crippen molar-refractivity contribution in [1.82, 2.24) is 20.2 Å². The van der Waals surface area contributed by atoms with Crippen molar-refractivity contribution in [2.45, 2.75) is 13.8 Å². The maximum absolute atomic E-state index is 13.4. The second-order valence-corrected chi connectivity index (χ2v) is 9.33. The minimum absolute atomic E-state index is 0.0195. The van der Waals surface area contributed by atoms with Gasteiger partial charge >= 0.3 is 0 Å². The second-order valence-electron chi connectivity index (χ2n) is 7.89. The van der Waals surface area contributed by atoms with E-state index in [9.17, 15) is 9.18 Å². The van der Waals surface area contributed by atoms with Gasteiger partial charge in [0.25, 0.3) is 5.91 Å². The topological polar surface area (TPSA) is 70.2 Å². The summed E-state index contributed by atoms with van der Waals surface area (Å²) in [4.78, 5) is 24.5. The van der Waals surface area contributed by atoms with Gasteiger partial charge in [-0.25, -0.2) is 14.4 Å². The van der Waals surface area contributed by atoms with Crippen molar-refractivity contribution in [2.75, 3.05) is 32.5 Å². The number of hydrogen-bond donors (Lipinski definition) is 2.